The molecule has 1 atom stereocenters. The van der Waals surface area contributed by atoms with Gasteiger partial charge in [-0.05, 0) is 38.1 Å². The normalized spacial score (nSPS) is 16.5. The summed E-state index contributed by atoms with van der Waals surface area (Å²) in [5.74, 6) is 0.550. The first-order chi connectivity index (χ1) is 13.2. The third kappa shape index (κ3) is 5.96. The van der Waals surface area contributed by atoms with Crippen LogP contribution in [0.2, 0.25) is 0 Å². The Morgan fingerprint density at radius 1 is 1.07 bits per heavy atom. The fraction of sp³-hybridized carbons (Fsp3) is 0.409. The molecule has 1 amide bonds. The van der Waals surface area contributed by atoms with Gasteiger partial charge in [0.25, 0.3) is 5.91 Å². The van der Waals surface area contributed by atoms with E-state index in [4.69, 9.17) is 9.47 Å². The first-order valence-electron chi connectivity index (χ1n) is 9.46. The molecule has 1 aliphatic rings. The van der Waals surface area contributed by atoms with E-state index in [2.05, 4.69) is 10.6 Å². The molecule has 0 aliphatic carbocycles. The lowest BCUT2D eigenvalue weighted by Gasteiger charge is -2.37. The van der Waals surface area contributed by atoms with E-state index in [9.17, 15) is 4.79 Å². The maximum Gasteiger partial charge on any atom is 0.265 e. The highest BCUT2D eigenvalue weighted by Gasteiger charge is 2.34. The quantitative estimate of drug-likeness (QED) is 0.708. The van der Waals surface area contributed by atoms with E-state index >= 15 is 0 Å². The minimum Gasteiger partial charge on any atom is -0.476 e. The lowest BCUT2D eigenvalue weighted by molar-refractivity contribution is -0.129. The Labute approximate surface area is 173 Å². The lowest BCUT2D eigenvalue weighted by atomic mass is 9.79. The fourth-order valence-electron chi connectivity index (χ4n) is 3.54. The van der Waals surface area contributed by atoms with Gasteiger partial charge in [-0.15, -0.1) is 12.4 Å². The molecule has 2 aromatic carbocycles. The fourth-order valence-corrected chi connectivity index (χ4v) is 3.54. The molecule has 5 nitrogen and oxygen atoms in total. The van der Waals surface area contributed by atoms with Crippen molar-refractivity contribution in [3.63, 3.8) is 0 Å². The molecule has 0 saturated carbocycles. The van der Waals surface area contributed by atoms with Crippen molar-refractivity contribution in [2.75, 3.05) is 33.4 Å². The van der Waals surface area contributed by atoms with Gasteiger partial charge >= 0.3 is 0 Å². The number of para-hydroxylation sites is 1. The molecule has 0 bridgehead atoms. The number of halogens is 1. The summed E-state index contributed by atoms with van der Waals surface area (Å²) in [5, 5.41) is 6.50. The third-order valence-electron chi connectivity index (χ3n) is 5.09. The summed E-state index contributed by atoms with van der Waals surface area (Å²) in [6.45, 7) is 3.12. The zero-order valence-corrected chi connectivity index (χ0v) is 17.0. The summed E-state index contributed by atoms with van der Waals surface area (Å²) in [6.07, 6.45) is 1.28. The van der Waals surface area contributed by atoms with Crippen molar-refractivity contribution in [3.05, 3.63) is 66.2 Å². The van der Waals surface area contributed by atoms with Crippen LogP contribution in [0.5, 0.6) is 5.75 Å². The number of hydrogen-bond donors (Lipinski definition) is 2. The van der Waals surface area contributed by atoms with Crippen molar-refractivity contribution < 1.29 is 14.3 Å². The van der Waals surface area contributed by atoms with E-state index in [1.165, 1.54) is 0 Å². The zero-order chi connectivity index (χ0) is 19.0. The van der Waals surface area contributed by atoms with E-state index < -0.39 is 6.10 Å². The molecule has 0 aromatic heterocycles. The van der Waals surface area contributed by atoms with Crippen LogP contribution in [-0.2, 0) is 9.53 Å². The molecule has 1 aliphatic heterocycles. The van der Waals surface area contributed by atoms with Gasteiger partial charge in [-0.1, -0.05) is 48.5 Å². The average Bonchev–Trinajstić information content (AvgIpc) is 2.73. The second kappa shape index (κ2) is 11.1. The van der Waals surface area contributed by atoms with Crippen LogP contribution in [0.25, 0.3) is 0 Å². The van der Waals surface area contributed by atoms with Crippen molar-refractivity contribution in [2.45, 2.75) is 18.9 Å². The van der Waals surface area contributed by atoms with E-state index in [1.54, 1.807) is 7.11 Å². The average molecular weight is 405 g/mol. The molecule has 0 radical (unpaired) electrons. The number of rotatable bonds is 8. The Balaban J connectivity index is 0.00000280. The van der Waals surface area contributed by atoms with Crippen molar-refractivity contribution in [1.82, 2.24) is 10.6 Å². The molecular formula is C22H29ClN2O3. The van der Waals surface area contributed by atoms with Gasteiger partial charge in [0.15, 0.2) is 0 Å². The second-order valence-electron chi connectivity index (χ2n) is 7.12. The van der Waals surface area contributed by atoms with Crippen LogP contribution in [0.4, 0.5) is 0 Å². The van der Waals surface area contributed by atoms with Gasteiger partial charge in [-0.25, -0.2) is 0 Å². The van der Waals surface area contributed by atoms with Gasteiger partial charge in [0.2, 0.25) is 6.10 Å². The minimum absolute atomic E-state index is 0. The highest BCUT2D eigenvalue weighted by Crippen LogP contribution is 2.29. The number of nitrogens with one attached hydrogen (secondary N) is 2. The maximum atomic E-state index is 13.0. The van der Waals surface area contributed by atoms with Crippen LogP contribution in [0.1, 0.15) is 24.5 Å². The monoisotopic (exact) mass is 404 g/mol. The molecule has 0 spiro atoms. The van der Waals surface area contributed by atoms with Gasteiger partial charge in [0, 0.05) is 24.6 Å². The summed E-state index contributed by atoms with van der Waals surface area (Å²) in [4.78, 5) is 13.0. The van der Waals surface area contributed by atoms with Gasteiger partial charge in [0.1, 0.15) is 5.75 Å². The standard InChI is InChI=1S/C22H28N2O3.ClH/c1-26-17-22(12-14-23-15-13-22)16-24-21(25)20(18-8-4-2-5-9-18)27-19-10-6-3-7-11-19;/h2-11,20,23H,12-17H2,1H3,(H,24,25);1H. The second-order valence-corrected chi connectivity index (χ2v) is 7.12. The molecule has 152 valence electrons. The van der Waals surface area contributed by atoms with Crippen molar-refractivity contribution >= 4 is 18.3 Å². The van der Waals surface area contributed by atoms with E-state index in [1.807, 2.05) is 60.7 Å². The number of carbonyl (C=O) groups is 1. The van der Waals surface area contributed by atoms with Gasteiger partial charge in [-0.2, -0.15) is 0 Å². The topological polar surface area (TPSA) is 59.6 Å². The largest absolute Gasteiger partial charge is 0.476 e. The molecule has 2 N–H and O–H groups in total. The number of ether oxygens (including phenoxy) is 2. The summed E-state index contributed by atoms with van der Waals surface area (Å²) in [5.41, 5.74) is 0.814. The summed E-state index contributed by atoms with van der Waals surface area (Å²) < 4.78 is 11.5. The number of piperidine rings is 1. The Hall–Kier alpha value is -2.08. The van der Waals surface area contributed by atoms with Gasteiger partial charge in [0.05, 0.1) is 6.61 Å². The molecular weight excluding hydrogens is 376 g/mol. The smallest absolute Gasteiger partial charge is 0.265 e. The summed E-state index contributed by atoms with van der Waals surface area (Å²) in [7, 11) is 1.72. The predicted octanol–water partition coefficient (Wildman–Crippen LogP) is 3.36. The highest BCUT2D eigenvalue weighted by atomic mass is 35.5. The predicted molar refractivity (Wildman–Crippen MR) is 113 cm³/mol. The van der Waals surface area contributed by atoms with Gasteiger partial charge < -0.3 is 20.1 Å². The van der Waals surface area contributed by atoms with E-state index in [0.717, 1.165) is 31.5 Å². The van der Waals surface area contributed by atoms with Crippen molar-refractivity contribution in [2.24, 2.45) is 5.41 Å². The first-order valence-corrected chi connectivity index (χ1v) is 9.46. The number of amides is 1. The number of carbonyl (C=O) groups excluding carboxylic acids is 1. The summed E-state index contributed by atoms with van der Waals surface area (Å²) >= 11 is 0. The lowest BCUT2D eigenvalue weighted by Crippen LogP contribution is -2.48. The van der Waals surface area contributed by atoms with Crippen molar-refractivity contribution in [3.8, 4) is 5.75 Å². The molecule has 1 unspecified atom stereocenters. The number of hydrogen-bond acceptors (Lipinski definition) is 4. The zero-order valence-electron chi connectivity index (χ0n) is 16.2. The first kappa shape index (κ1) is 22.2. The Kier molecular flexibility index (Phi) is 8.77. The van der Waals surface area contributed by atoms with Crippen LogP contribution >= 0.6 is 12.4 Å². The Morgan fingerprint density at radius 3 is 2.29 bits per heavy atom. The van der Waals surface area contributed by atoms with E-state index in [0.29, 0.717) is 18.9 Å². The van der Waals surface area contributed by atoms with Crippen LogP contribution < -0.4 is 15.4 Å². The van der Waals surface area contributed by atoms with E-state index in [-0.39, 0.29) is 23.7 Å². The molecule has 1 heterocycles. The summed E-state index contributed by atoms with van der Waals surface area (Å²) in [6, 6.07) is 19.1. The van der Waals surface area contributed by atoms with Crippen LogP contribution in [0.15, 0.2) is 60.7 Å². The van der Waals surface area contributed by atoms with Crippen LogP contribution in [-0.4, -0.2) is 39.3 Å². The number of methoxy groups -OCH3 is 1. The number of benzene rings is 2. The van der Waals surface area contributed by atoms with Crippen LogP contribution in [0, 0.1) is 5.41 Å². The third-order valence-corrected chi connectivity index (χ3v) is 5.09. The Morgan fingerprint density at radius 2 is 1.68 bits per heavy atom. The molecule has 28 heavy (non-hydrogen) atoms. The van der Waals surface area contributed by atoms with Gasteiger partial charge in [-0.3, -0.25) is 4.79 Å². The highest BCUT2D eigenvalue weighted by molar-refractivity contribution is 5.85. The maximum absolute atomic E-state index is 13.0. The Bertz CT molecular complexity index is 701. The van der Waals surface area contributed by atoms with Crippen molar-refractivity contribution in [1.29, 1.82) is 0 Å². The molecule has 2 aromatic rings. The molecule has 3 rings (SSSR count). The van der Waals surface area contributed by atoms with Crippen LogP contribution in [0.3, 0.4) is 0 Å². The molecule has 1 fully saturated rings. The minimum atomic E-state index is -0.685. The SMILES string of the molecule is COCC1(CNC(=O)C(Oc2ccccc2)c2ccccc2)CCNCC1.Cl. The molecule has 1 saturated heterocycles. The molecule has 6 heteroatoms.